The van der Waals surface area contributed by atoms with Crippen LogP contribution in [0.4, 0.5) is 5.69 Å². The van der Waals surface area contributed by atoms with Crippen molar-refractivity contribution in [2.45, 2.75) is 26.8 Å². The first-order valence-corrected chi connectivity index (χ1v) is 8.51. The van der Waals surface area contributed by atoms with Crippen LogP contribution in [0.5, 0.6) is 11.5 Å². The summed E-state index contributed by atoms with van der Waals surface area (Å²) in [5.74, 6) is 1.57. The molecule has 5 nitrogen and oxygen atoms in total. The molecule has 1 N–H and O–H groups in total. The molecule has 0 heterocycles. The minimum absolute atomic E-state index is 0.110. The lowest BCUT2D eigenvalue weighted by Crippen LogP contribution is -2.26. The third-order valence-electron chi connectivity index (χ3n) is 2.82. The minimum Gasteiger partial charge on any atom is -0.493 e. The minimum atomic E-state index is -2.99. The Bertz CT molecular complexity index is 528. The van der Waals surface area contributed by atoms with Crippen molar-refractivity contribution in [1.82, 2.24) is 0 Å². The molecule has 0 spiro atoms. The average molecular weight is 301 g/mol. The van der Waals surface area contributed by atoms with Crippen LogP contribution in [0, 0.1) is 0 Å². The Morgan fingerprint density at radius 2 is 1.95 bits per heavy atom. The van der Waals surface area contributed by atoms with Crippen LogP contribution in [0.2, 0.25) is 0 Å². The van der Waals surface area contributed by atoms with Gasteiger partial charge in [0.15, 0.2) is 21.3 Å². The number of rotatable bonds is 8. The van der Waals surface area contributed by atoms with Crippen LogP contribution in [-0.2, 0) is 9.84 Å². The predicted octanol–water partition coefficient (Wildman–Crippen LogP) is 2.33. The normalized spacial score (nSPS) is 12.8. The van der Waals surface area contributed by atoms with Crippen LogP contribution in [0.1, 0.15) is 20.8 Å². The highest BCUT2D eigenvalue weighted by atomic mass is 32.2. The van der Waals surface area contributed by atoms with Gasteiger partial charge in [-0.25, -0.2) is 8.42 Å². The molecule has 0 bridgehead atoms. The number of hydrogen-bond donors (Lipinski definition) is 1. The number of methoxy groups -OCH3 is 1. The molecule has 6 heteroatoms. The van der Waals surface area contributed by atoms with E-state index in [1.165, 1.54) is 0 Å². The van der Waals surface area contributed by atoms with Gasteiger partial charge in [0.2, 0.25) is 0 Å². The van der Waals surface area contributed by atoms with E-state index in [2.05, 4.69) is 5.32 Å². The van der Waals surface area contributed by atoms with E-state index >= 15 is 0 Å². The Kier molecular flexibility index (Phi) is 6.13. The highest BCUT2D eigenvalue weighted by Crippen LogP contribution is 2.30. The average Bonchev–Trinajstić information content (AvgIpc) is 2.40. The lowest BCUT2D eigenvalue weighted by molar-refractivity contribution is 0.311. The third kappa shape index (κ3) is 4.92. The van der Waals surface area contributed by atoms with Crippen molar-refractivity contribution in [2.75, 3.05) is 30.5 Å². The number of sulfone groups is 1. The highest BCUT2D eigenvalue weighted by Gasteiger charge is 2.14. The summed E-state index contributed by atoms with van der Waals surface area (Å²) >= 11 is 0. The van der Waals surface area contributed by atoms with Gasteiger partial charge < -0.3 is 14.8 Å². The molecule has 0 fully saturated rings. The van der Waals surface area contributed by atoms with Crippen molar-refractivity contribution >= 4 is 15.5 Å². The molecule has 1 aromatic rings. The predicted molar refractivity (Wildman–Crippen MR) is 81.6 cm³/mol. The van der Waals surface area contributed by atoms with E-state index in [1.54, 1.807) is 20.1 Å². The van der Waals surface area contributed by atoms with E-state index in [-0.39, 0.29) is 17.5 Å². The second-order valence-electron chi connectivity index (χ2n) is 4.54. The molecule has 0 aliphatic rings. The highest BCUT2D eigenvalue weighted by molar-refractivity contribution is 7.91. The van der Waals surface area contributed by atoms with Crippen LogP contribution in [0.25, 0.3) is 0 Å². The van der Waals surface area contributed by atoms with E-state index in [0.29, 0.717) is 18.1 Å². The SMILES string of the molecule is CCOc1ccc(NC(C)CS(=O)(=O)CC)cc1OC. The molecular formula is C14H23NO4S. The number of anilines is 1. The van der Waals surface area contributed by atoms with E-state index in [4.69, 9.17) is 9.47 Å². The van der Waals surface area contributed by atoms with Gasteiger partial charge in [0.1, 0.15) is 0 Å². The van der Waals surface area contributed by atoms with Crippen molar-refractivity contribution < 1.29 is 17.9 Å². The summed E-state index contributed by atoms with van der Waals surface area (Å²) in [4.78, 5) is 0. The molecule has 1 aromatic carbocycles. The van der Waals surface area contributed by atoms with Gasteiger partial charge in [-0.2, -0.15) is 0 Å². The molecule has 1 atom stereocenters. The maximum atomic E-state index is 11.6. The fourth-order valence-corrected chi connectivity index (χ4v) is 2.94. The van der Waals surface area contributed by atoms with E-state index < -0.39 is 9.84 Å². The van der Waals surface area contributed by atoms with E-state index in [0.717, 1.165) is 5.69 Å². The molecule has 0 radical (unpaired) electrons. The van der Waals surface area contributed by atoms with Gasteiger partial charge in [0.25, 0.3) is 0 Å². The van der Waals surface area contributed by atoms with Gasteiger partial charge in [-0.3, -0.25) is 0 Å². The second kappa shape index (κ2) is 7.38. The molecule has 1 unspecified atom stereocenters. The molecule has 0 saturated heterocycles. The lowest BCUT2D eigenvalue weighted by atomic mass is 10.2. The third-order valence-corrected chi connectivity index (χ3v) is 4.71. The van der Waals surface area contributed by atoms with Crippen LogP contribution in [-0.4, -0.2) is 39.7 Å². The molecule has 114 valence electrons. The summed E-state index contributed by atoms with van der Waals surface area (Å²) in [6.45, 7) is 5.97. The first kappa shape index (κ1) is 16.6. The number of hydrogen-bond acceptors (Lipinski definition) is 5. The Morgan fingerprint density at radius 1 is 1.25 bits per heavy atom. The van der Waals surface area contributed by atoms with Gasteiger partial charge in [-0.1, -0.05) is 6.92 Å². The van der Waals surface area contributed by atoms with Crippen LogP contribution in [0.15, 0.2) is 18.2 Å². The molecule has 0 aromatic heterocycles. The zero-order valence-electron chi connectivity index (χ0n) is 12.5. The standard InChI is InChI=1S/C14H23NO4S/c1-5-19-13-8-7-12(9-14(13)18-4)15-11(3)10-20(16,17)6-2/h7-9,11,15H,5-6,10H2,1-4H3. The molecular weight excluding hydrogens is 278 g/mol. The largest absolute Gasteiger partial charge is 0.493 e. The van der Waals surface area contributed by atoms with Crippen molar-refractivity contribution in [3.05, 3.63) is 18.2 Å². The summed E-state index contributed by atoms with van der Waals surface area (Å²) < 4.78 is 33.9. The van der Waals surface area contributed by atoms with Gasteiger partial charge >= 0.3 is 0 Å². The molecule has 0 amide bonds. The van der Waals surface area contributed by atoms with Gasteiger partial charge in [-0.15, -0.1) is 0 Å². The van der Waals surface area contributed by atoms with Gasteiger partial charge in [-0.05, 0) is 26.0 Å². The van der Waals surface area contributed by atoms with Crippen LogP contribution < -0.4 is 14.8 Å². The maximum absolute atomic E-state index is 11.6. The Labute approximate surface area is 121 Å². The number of benzene rings is 1. The van der Waals surface area contributed by atoms with Gasteiger partial charge in [0, 0.05) is 23.5 Å². The van der Waals surface area contributed by atoms with Crippen molar-refractivity contribution in [2.24, 2.45) is 0 Å². The summed E-state index contributed by atoms with van der Waals surface area (Å²) in [6.07, 6.45) is 0. The fraction of sp³-hybridized carbons (Fsp3) is 0.571. The van der Waals surface area contributed by atoms with Crippen molar-refractivity contribution in [3.8, 4) is 11.5 Å². The van der Waals surface area contributed by atoms with Crippen LogP contribution >= 0.6 is 0 Å². The molecule has 1 rings (SSSR count). The Morgan fingerprint density at radius 3 is 2.50 bits per heavy atom. The number of ether oxygens (including phenoxy) is 2. The smallest absolute Gasteiger partial charge is 0.162 e. The fourth-order valence-electron chi connectivity index (χ4n) is 1.86. The van der Waals surface area contributed by atoms with Crippen molar-refractivity contribution in [1.29, 1.82) is 0 Å². The maximum Gasteiger partial charge on any atom is 0.162 e. The summed E-state index contributed by atoms with van der Waals surface area (Å²) in [6, 6.07) is 5.30. The first-order valence-electron chi connectivity index (χ1n) is 6.69. The molecule has 20 heavy (non-hydrogen) atoms. The molecule has 0 aliphatic heterocycles. The summed E-state index contributed by atoms with van der Waals surface area (Å²) in [5, 5.41) is 3.16. The summed E-state index contributed by atoms with van der Waals surface area (Å²) in [7, 11) is -1.41. The Hall–Kier alpha value is -1.43. The monoisotopic (exact) mass is 301 g/mol. The van der Waals surface area contributed by atoms with E-state index in [1.807, 2.05) is 26.0 Å². The van der Waals surface area contributed by atoms with Crippen LogP contribution in [0.3, 0.4) is 0 Å². The summed E-state index contributed by atoms with van der Waals surface area (Å²) in [5.41, 5.74) is 0.809. The zero-order valence-corrected chi connectivity index (χ0v) is 13.3. The molecule has 0 aliphatic carbocycles. The lowest BCUT2D eigenvalue weighted by Gasteiger charge is -2.17. The Balaban J connectivity index is 2.78. The second-order valence-corrected chi connectivity index (χ2v) is 6.94. The van der Waals surface area contributed by atoms with Gasteiger partial charge in [0.05, 0.1) is 19.5 Å². The van der Waals surface area contributed by atoms with Crippen molar-refractivity contribution in [3.63, 3.8) is 0 Å². The van der Waals surface area contributed by atoms with E-state index in [9.17, 15) is 8.42 Å². The quantitative estimate of drug-likeness (QED) is 0.798. The number of nitrogens with one attached hydrogen (secondary N) is 1. The zero-order chi connectivity index (χ0) is 15.2. The molecule has 0 saturated carbocycles. The first-order chi connectivity index (χ1) is 9.41. The topological polar surface area (TPSA) is 64.6 Å².